The van der Waals surface area contributed by atoms with Gasteiger partial charge in [-0.1, -0.05) is 38.1 Å². The maximum Gasteiger partial charge on any atom is 0.241 e. The molecular weight excluding hydrogens is 324 g/mol. The molecule has 3 aliphatic rings. The lowest BCUT2D eigenvalue weighted by atomic mass is 9.46. The Kier molecular flexibility index (Phi) is 4.44. The predicted molar refractivity (Wildman–Crippen MR) is 96.2 cm³/mol. The zero-order valence-corrected chi connectivity index (χ0v) is 15.2. The van der Waals surface area contributed by atoms with E-state index < -0.39 is 5.54 Å². The van der Waals surface area contributed by atoms with Crippen molar-refractivity contribution in [3.05, 3.63) is 35.4 Å². The number of ether oxygens (including phenoxy) is 1. The Balaban J connectivity index is 0.00000169. The fourth-order valence-corrected chi connectivity index (χ4v) is 5.00. The van der Waals surface area contributed by atoms with Gasteiger partial charge in [-0.05, 0) is 36.8 Å². The summed E-state index contributed by atoms with van der Waals surface area (Å²) in [5.41, 5.74) is 8.23. The molecular formula is C19H27ClN2O2. The molecule has 0 spiro atoms. The third-order valence-corrected chi connectivity index (χ3v) is 6.45. The molecule has 2 fully saturated rings. The summed E-state index contributed by atoms with van der Waals surface area (Å²) in [5.74, 6) is 0.155. The van der Waals surface area contributed by atoms with E-state index in [-0.39, 0.29) is 41.8 Å². The van der Waals surface area contributed by atoms with Crippen LogP contribution in [-0.2, 0) is 22.4 Å². The smallest absolute Gasteiger partial charge is 0.241 e. The normalized spacial score (nSPS) is 33.6. The Bertz CT molecular complexity index is 623. The fourth-order valence-electron chi connectivity index (χ4n) is 5.00. The van der Waals surface area contributed by atoms with Crippen LogP contribution in [0.25, 0.3) is 0 Å². The Morgan fingerprint density at radius 3 is 2.50 bits per heavy atom. The summed E-state index contributed by atoms with van der Waals surface area (Å²) in [5, 5.41) is 3.24. The summed E-state index contributed by atoms with van der Waals surface area (Å²) in [7, 11) is 0. The molecule has 132 valence electrons. The second-order valence-corrected chi connectivity index (χ2v) is 7.98. The standard InChI is InChI=1S/C19H26N2O2.ClH/c1-18(2)16-15(8-5-9-23-16)19(18,20)17(22)21-14-10-12-6-3-4-7-13(12)11-14;/h3-4,6-7,14-16H,5,8-11,20H2,1-2H3,(H,21,22);1H. The highest BCUT2D eigenvalue weighted by Gasteiger charge is 2.70. The molecule has 4 nitrogen and oxygen atoms in total. The first-order valence-corrected chi connectivity index (χ1v) is 8.73. The van der Waals surface area contributed by atoms with Crippen molar-refractivity contribution >= 4 is 18.3 Å². The largest absolute Gasteiger partial charge is 0.377 e. The first kappa shape index (κ1) is 17.7. The van der Waals surface area contributed by atoms with Crippen molar-refractivity contribution in [3.63, 3.8) is 0 Å². The second-order valence-electron chi connectivity index (χ2n) is 7.98. The minimum Gasteiger partial charge on any atom is -0.377 e. The molecule has 1 aromatic carbocycles. The lowest BCUT2D eigenvalue weighted by Gasteiger charge is -2.65. The Hall–Kier alpha value is -1.10. The highest BCUT2D eigenvalue weighted by molar-refractivity contribution is 5.90. The molecule has 1 saturated carbocycles. The van der Waals surface area contributed by atoms with E-state index in [0.29, 0.717) is 0 Å². The summed E-state index contributed by atoms with van der Waals surface area (Å²) >= 11 is 0. The van der Waals surface area contributed by atoms with Gasteiger partial charge in [0.05, 0.1) is 6.10 Å². The van der Waals surface area contributed by atoms with Crippen molar-refractivity contribution in [1.82, 2.24) is 5.32 Å². The van der Waals surface area contributed by atoms with Gasteiger partial charge in [0, 0.05) is 24.0 Å². The van der Waals surface area contributed by atoms with Gasteiger partial charge in [0.25, 0.3) is 0 Å². The van der Waals surface area contributed by atoms with Crippen LogP contribution in [0, 0.1) is 11.3 Å². The SMILES string of the molecule is CC1(C)C2OCCCC2C1(N)C(=O)NC1Cc2ccccc2C1.Cl. The third-order valence-electron chi connectivity index (χ3n) is 6.45. The fraction of sp³-hybridized carbons (Fsp3) is 0.632. The second kappa shape index (κ2) is 6.01. The van der Waals surface area contributed by atoms with Crippen LogP contribution in [0.2, 0.25) is 0 Å². The van der Waals surface area contributed by atoms with Crippen LogP contribution < -0.4 is 11.1 Å². The minimum atomic E-state index is -0.813. The average Bonchev–Trinajstić information content (AvgIpc) is 2.96. The van der Waals surface area contributed by atoms with Crippen molar-refractivity contribution in [2.24, 2.45) is 17.1 Å². The van der Waals surface area contributed by atoms with E-state index in [1.807, 2.05) is 0 Å². The van der Waals surface area contributed by atoms with Crippen LogP contribution in [0.15, 0.2) is 24.3 Å². The monoisotopic (exact) mass is 350 g/mol. The maximum atomic E-state index is 13.0. The molecule has 5 heteroatoms. The molecule has 0 radical (unpaired) electrons. The van der Waals surface area contributed by atoms with Crippen LogP contribution in [-0.4, -0.2) is 30.2 Å². The molecule has 1 amide bonds. The van der Waals surface area contributed by atoms with Crippen molar-refractivity contribution < 1.29 is 9.53 Å². The van der Waals surface area contributed by atoms with Crippen LogP contribution in [0.1, 0.15) is 37.8 Å². The number of amides is 1. The van der Waals surface area contributed by atoms with Crippen LogP contribution in [0.3, 0.4) is 0 Å². The van der Waals surface area contributed by atoms with Crippen molar-refractivity contribution in [2.75, 3.05) is 6.61 Å². The molecule has 24 heavy (non-hydrogen) atoms. The van der Waals surface area contributed by atoms with Gasteiger partial charge in [-0.2, -0.15) is 0 Å². The average molecular weight is 351 g/mol. The number of fused-ring (bicyclic) bond motifs is 2. The number of nitrogens with two attached hydrogens (primary N) is 1. The quantitative estimate of drug-likeness (QED) is 0.859. The molecule has 1 heterocycles. The summed E-state index contributed by atoms with van der Waals surface area (Å²) in [6.07, 6.45) is 3.92. The zero-order chi connectivity index (χ0) is 16.2. The van der Waals surface area contributed by atoms with Gasteiger partial charge >= 0.3 is 0 Å². The zero-order valence-electron chi connectivity index (χ0n) is 14.4. The lowest BCUT2D eigenvalue weighted by Crippen LogP contribution is -2.82. The summed E-state index contributed by atoms with van der Waals surface area (Å²) in [4.78, 5) is 13.0. The van der Waals surface area contributed by atoms with Crippen molar-refractivity contribution in [3.8, 4) is 0 Å². The Morgan fingerprint density at radius 1 is 1.25 bits per heavy atom. The molecule has 2 aliphatic carbocycles. The van der Waals surface area contributed by atoms with Crippen LogP contribution >= 0.6 is 12.4 Å². The van der Waals surface area contributed by atoms with E-state index in [9.17, 15) is 4.79 Å². The molecule has 4 rings (SSSR count). The molecule has 1 aromatic rings. The predicted octanol–water partition coefficient (Wildman–Crippen LogP) is 2.22. The number of carbonyl (C=O) groups excluding carboxylic acids is 1. The number of benzene rings is 1. The van der Waals surface area contributed by atoms with E-state index in [4.69, 9.17) is 10.5 Å². The minimum absolute atomic E-state index is 0. The molecule has 3 unspecified atom stereocenters. The first-order valence-electron chi connectivity index (χ1n) is 8.73. The third kappa shape index (κ3) is 2.31. The van der Waals surface area contributed by atoms with Gasteiger partial charge in [-0.3, -0.25) is 4.79 Å². The number of rotatable bonds is 2. The topological polar surface area (TPSA) is 64.3 Å². The summed E-state index contributed by atoms with van der Waals surface area (Å²) < 4.78 is 5.90. The summed E-state index contributed by atoms with van der Waals surface area (Å²) in [6, 6.07) is 8.59. The Morgan fingerprint density at radius 2 is 1.88 bits per heavy atom. The molecule has 1 aliphatic heterocycles. The van der Waals surface area contributed by atoms with E-state index in [1.165, 1.54) is 11.1 Å². The maximum absolute atomic E-state index is 13.0. The van der Waals surface area contributed by atoms with Gasteiger partial charge in [-0.25, -0.2) is 0 Å². The van der Waals surface area contributed by atoms with Gasteiger partial charge in [0.2, 0.25) is 5.91 Å². The van der Waals surface area contributed by atoms with Crippen molar-refractivity contribution in [1.29, 1.82) is 0 Å². The molecule has 3 N–H and O–H groups in total. The number of hydrogen-bond donors (Lipinski definition) is 2. The van der Waals surface area contributed by atoms with Crippen molar-refractivity contribution in [2.45, 2.75) is 57.2 Å². The number of hydrogen-bond acceptors (Lipinski definition) is 3. The molecule has 1 saturated heterocycles. The van der Waals surface area contributed by atoms with Crippen LogP contribution in [0.4, 0.5) is 0 Å². The highest BCUT2D eigenvalue weighted by Crippen LogP contribution is 2.57. The van der Waals surface area contributed by atoms with Gasteiger partial charge in [0.1, 0.15) is 5.54 Å². The molecule has 0 aromatic heterocycles. The number of halogens is 1. The van der Waals surface area contributed by atoms with Gasteiger partial charge in [0.15, 0.2) is 0 Å². The Labute approximate surface area is 149 Å². The van der Waals surface area contributed by atoms with E-state index in [2.05, 4.69) is 43.4 Å². The number of nitrogens with one attached hydrogen (secondary N) is 1. The summed E-state index contributed by atoms with van der Waals surface area (Å²) in [6.45, 7) is 4.94. The van der Waals surface area contributed by atoms with Gasteiger partial charge < -0.3 is 15.8 Å². The lowest BCUT2D eigenvalue weighted by molar-refractivity contribution is -0.225. The first-order chi connectivity index (χ1) is 10.9. The van der Waals surface area contributed by atoms with E-state index >= 15 is 0 Å². The molecule has 3 atom stereocenters. The molecule has 0 bridgehead atoms. The van der Waals surface area contributed by atoms with Gasteiger partial charge in [-0.15, -0.1) is 12.4 Å². The van der Waals surface area contributed by atoms with E-state index in [0.717, 1.165) is 32.3 Å². The number of carbonyl (C=O) groups is 1. The highest BCUT2D eigenvalue weighted by atomic mass is 35.5. The van der Waals surface area contributed by atoms with Crippen LogP contribution in [0.5, 0.6) is 0 Å². The van der Waals surface area contributed by atoms with E-state index in [1.54, 1.807) is 0 Å².